The standard InChI is InChI=1S/C23H21F3N2O3/c1-15-9-10-20(21(29)27-12-11-16-5-3-8-19(13-16)31-2)22(30)28(15)18-7-4-6-17(14-18)23(24,25)26/h3-10,13-14H,11-12H2,1-2H3,(H,27,29). The Bertz CT molecular complexity index is 1150. The predicted molar refractivity (Wildman–Crippen MR) is 111 cm³/mol. The molecule has 0 aliphatic rings. The molecule has 0 fully saturated rings. The molecule has 3 aromatic rings. The van der Waals surface area contributed by atoms with Gasteiger partial charge >= 0.3 is 6.18 Å². The molecular weight excluding hydrogens is 409 g/mol. The molecule has 31 heavy (non-hydrogen) atoms. The number of nitrogens with zero attached hydrogens (tertiary/aromatic N) is 1. The van der Waals surface area contributed by atoms with Gasteiger partial charge in [-0.3, -0.25) is 14.2 Å². The average molecular weight is 430 g/mol. The number of methoxy groups -OCH3 is 1. The normalized spacial score (nSPS) is 11.3. The number of hydrogen-bond donors (Lipinski definition) is 1. The van der Waals surface area contributed by atoms with Crippen molar-refractivity contribution in [2.75, 3.05) is 13.7 Å². The molecule has 1 amide bonds. The number of aromatic nitrogens is 1. The molecule has 0 radical (unpaired) electrons. The first-order valence-electron chi connectivity index (χ1n) is 9.52. The van der Waals surface area contributed by atoms with Gasteiger partial charge in [0.05, 0.1) is 12.7 Å². The fraction of sp³-hybridized carbons (Fsp3) is 0.217. The van der Waals surface area contributed by atoms with Crippen LogP contribution in [0.25, 0.3) is 5.69 Å². The van der Waals surface area contributed by atoms with E-state index in [1.54, 1.807) is 14.0 Å². The second-order valence-electron chi connectivity index (χ2n) is 6.93. The van der Waals surface area contributed by atoms with E-state index in [-0.39, 0.29) is 17.8 Å². The lowest BCUT2D eigenvalue weighted by Gasteiger charge is -2.14. The van der Waals surface area contributed by atoms with Crippen molar-refractivity contribution in [3.8, 4) is 11.4 Å². The topological polar surface area (TPSA) is 60.3 Å². The van der Waals surface area contributed by atoms with Crippen molar-refractivity contribution < 1.29 is 22.7 Å². The van der Waals surface area contributed by atoms with Crippen molar-refractivity contribution >= 4 is 5.91 Å². The van der Waals surface area contributed by atoms with Gasteiger partial charge in [0.1, 0.15) is 11.3 Å². The van der Waals surface area contributed by atoms with Crippen molar-refractivity contribution in [3.63, 3.8) is 0 Å². The van der Waals surface area contributed by atoms with E-state index >= 15 is 0 Å². The highest BCUT2D eigenvalue weighted by atomic mass is 19.4. The van der Waals surface area contributed by atoms with Gasteiger partial charge in [0, 0.05) is 17.9 Å². The number of ether oxygens (including phenoxy) is 1. The Kier molecular flexibility index (Phi) is 6.48. The van der Waals surface area contributed by atoms with E-state index in [0.717, 1.165) is 22.3 Å². The van der Waals surface area contributed by atoms with E-state index < -0.39 is 23.2 Å². The Morgan fingerprint density at radius 2 is 1.81 bits per heavy atom. The monoisotopic (exact) mass is 430 g/mol. The second kappa shape index (κ2) is 9.07. The highest BCUT2D eigenvalue weighted by Gasteiger charge is 2.30. The van der Waals surface area contributed by atoms with Gasteiger partial charge in [-0.15, -0.1) is 0 Å². The highest BCUT2D eigenvalue weighted by Crippen LogP contribution is 2.30. The van der Waals surface area contributed by atoms with Crippen LogP contribution in [-0.2, 0) is 12.6 Å². The average Bonchev–Trinajstić information content (AvgIpc) is 2.73. The Morgan fingerprint density at radius 3 is 2.52 bits per heavy atom. The van der Waals surface area contributed by atoms with Crippen LogP contribution >= 0.6 is 0 Å². The molecule has 2 aromatic carbocycles. The van der Waals surface area contributed by atoms with E-state index in [2.05, 4.69) is 5.32 Å². The van der Waals surface area contributed by atoms with Crippen LogP contribution in [0, 0.1) is 6.92 Å². The summed E-state index contributed by atoms with van der Waals surface area (Å²) in [7, 11) is 1.56. The Hall–Kier alpha value is -3.55. The van der Waals surface area contributed by atoms with E-state index in [1.807, 2.05) is 24.3 Å². The third-order valence-electron chi connectivity index (χ3n) is 4.79. The summed E-state index contributed by atoms with van der Waals surface area (Å²) in [4.78, 5) is 25.5. The summed E-state index contributed by atoms with van der Waals surface area (Å²) in [6.07, 6.45) is -4.01. The molecule has 1 heterocycles. The molecule has 162 valence electrons. The van der Waals surface area contributed by atoms with Gasteiger partial charge in [-0.2, -0.15) is 13.2 Å². The van der Waals surface area contributed by atoms with Crippen molar-refractivity contribution in [1.29, 1.82) is 0 Å². The number of hydrogen-bond acceptors (Lipinski definition) is 3. The molecular formula is C23H21F3N2O3. The van der Waals surface area contributed by atoms with Crippen LogP contribution < -0.4 is 15.6 Å². The summed E-state index contributed by atoms with van der Waals surface area (Å²) < 4.78 is 45.4. The molecule has 0 aliphatic carbocycles. The summed E-state index contributed by atoms with van der Waals surface area (Å²) in [6.45, 7) is 1.87. The van der Waals surface area contributed by atoms with E-state index in [1.165, 1.54) is 24.3 Å². The fourth-order valence-corrected chi connectivity index (χ4v) is 3.19. The van der Waals surface area contributed by atoms with Crippen molar-refractivity contribution in [1.82, 2.24) is 9.88 Å². The van der Waals surface area contributed by atoms with Gasteiger partial charge in [0.15, 0.2) is 0 Å². The molecule has 0 spiro atoms. The van der Waals surface area contributed by atoms with E-state index in [4.69, 9.17) is 4.74 Å². The van der Waals surface area contributed by atoms with Gasteiger partial charge in [0.25, 0.3) is 11.5 Å². The zero-order valence-corrected chi connectivity index (χ0v) is 17.0. The second-order valence-corrected chi connectivity index (χ2v) is 6.93. The van der Waals surface area contributed by atoms with Crippen LogP contribution in [0.1, 0.15) is 27.2 Å². The van der Waals surface area contributed by atoms with Crippen LogP contribution in [0.15, 0.2) is 65.5 Å². The first-order valence-corrected chi connectivity index (χ1v) is 9.52. The summed E-state index contributed by atoms with van der Waals surface area (Å²) in [5.41, 5.74) is -0.290. The van der Waals surface area contributed by atoms with Crippen LogP contribution in [-0.4, -0.2) is 24.1 Å². The van der Waals surface area contributed by atoms with Crippen LogP contribution in [0.3, 0.4) is 0 Å². The smallest absolute Gasteiger partial charge is 0.416 e. The highest BCUT2D eigenvalue weighted by molar-refractivity contribution is 5.93. The first-order chi connectivity index (χ1) is 14.7. The molecule has 0 unspecified atom stereocenters. The summed E-state index contributed by atoms with van der Waals surface area (Å²) >= 11 is 0. The molecule has 1 N–H and O–H groups in total. The number of aryl methyl sites for hydroxylation is 1. The van der Waals surface area contributed by atoms with Crippen LogP contribution in [0.5, 0.6) is 5.75 Å². The largest absolute Gasteiger partial charge is 0.497 e. The van der Waals surface area contributed by atoms with Gasteiger partial charge in [-0.25, -0.2) is 0 Å². The molecule has 8 heteroatoms. The van der Waals surface area contributed by atoms with Gasteiger partial charge < -0.3 is 10.1 Å². The lowest BCUT2D eigenvalue weighted by atomic mass is 10.1. The minimum atomic E-state index is -4.54. The molecule has 0 saturated carbocycles. The zero-order valence-electron chi connectivity index (χ0n) is 17.0. The van der Waals surface area contributed by atoms with Crippen molar-refractivity contribution in [3.05, 3.63) is 93.4 Å². The molecule has 1 aromatic heterocycles. The zero-order chi connectivity index (χ0) is 22.6. The maximum atomic E-state index is 13.1. The Morgan fingerprint density at radius 1 is 1.06 bits per heavy atom. The minimum Gasteiger partial charge on any atom is -0.497 e. The number of halogens is 3. The first kappa shape index (κ1) is 22.1. The number of benzene rings is 2. The van der Waals surface area contributed by atoms with Crippen molar-refractivity contribution in [2.24, 2.45) is 0 Å². The molecule has 0 atom stereocenters. The quantitative estimate of drug-likeness (QED) is 0.639. The summed E-state index contributed by atoms with van der Waals surface area (Å²) in [6, 6.07) is 14.7. The Labute approximate surface area is 177 Å². The number of alkyl halides is 3. The molecule has 0 bridgehead atoms. The van der Waals surface area contributed by atoms with Gasteiger partial charge in [-0.1, -0.05) is 18.2 Å². The van der Waals surface area contributed by atoms with E-state index in [0.29, 0.717) is 17.9 Å². The number of amides is 1. The fourth-order valence-electron chi connectivity index (χ4n) is 3.19. The maximum Gasteiger partial charge on any atom is 0.416 e. The summed E-state index contributed by atoms with van der Waals surface area (Å²) in [5.74, 6) is 0.111. The summed E-state index contributed by atoms with van der Waals surface area (Å²) in [5, 5.41) is 2.69. The predicted octanol–water partition coefficient (Wildman–Crippen LogP) is 4.15. The lowest BCUT2D eigenvalue weighted by Crippen LogP contribution is -2.34. The minimum absolute atomic E-state index is 0.0448. The number of rotatable bonds is 6. The van der Waals surface area contributed by atoms with Crippen LogP contribution in [0.4, 0.5) is 13.2 Å². The third-order valence-corrected chi connectivity index (χ3v) is 4.79. The Balaban J connectivity index is 1.82. The molecule has 0 aliphatic heterocycles. The molecule has 5 nitrogen and oxygen atoms in total. The molecule has 0 saturated heterocycles. The number of pyridine rings is 1. The molecule has 3 rings (SSSR count). The van der Waals surface area contributed by atoms with Gasteiger partial charge in [0.2, 0.25) is 0 Å². The third kappa shape index (κ3) is 5.14. The van der Waals surface area contributed by atoms with Crippen molar-refractivity contribution in [2.45, 2.75) is 19.5 Å². The lowest BCUT2D eigenvalue weighted by molar-refractivity contribution is -0.137. The van der Waals surface area contributed by atoms with E-state index in [9.17, 15) is 22.8 Å². The number of nitrogens with one attached hydrogen (secondary N) is 1. The maximum absolute atomic E-state index is 13.1. The number of carbonyl (C=O) groups is 1. The SMILES string of the molecule is COc1cccc(CCNC(=O)c2ccc(C)n(-c3cccc(C(F)(F)F)c3)c2=O)c1. The van der Waals surface area contributed by atoms with Gasteiger partial charge in [-0.05, 0) is 61.4 Å². The van der Waals surface area contributed by atoms with Crippen LogP contribution in [0.2, 0.25) is 0 Å². The number of carbonyl (C=O) groups excluding carboxylic acids is 1.